The van der Waals surface area contributed by atoms with Crippen LogP contribution in [0.2, 0.25) is 5.02 Å². The summed E-state index contributed by atoms with van der Waals surface area (Å²) in [4.78, 5) is 24.1. The van der Waals surface area contributed by atoms with E-state index in [4.69, 9.17) is 23.1 Å². The lowest BCUT2D eigenvalue weighted by Gasteiger charge is -2.16. The monoisotopic (exact) mass is 263 g/mol. The molecule has 0 radical (unpaired) electrons. The van der Waals surface area contributed by atoms with Crippen molar-refractivity contribution in [3.8, 4) is 12.3 Å². The van der Waals surface area contributed by atoms with Crippen LogP contribution in [0.15, 0.2) is 18.2 Å². The number of carbonyl (C=O) groups is 2. The Morgan fingerprint density at radius 2 is 2.28 bits per heavy atom. The van der Waals surface area contributed by atoms with Gasteiger partial charge in [0, 0.05) is 24.6 Å². The molecule has 1 amide bonds. The van der Waals surface area contributed by atoms with Crippen LogP contribution in [0.1, 0.15) is 16.8 Å². The summed E-state index contributed by atoms with van der Waals surface area (Å²) in [5.74, 6) is 1.28. The summed E-state index contributed by atoms with van der Waals surface area (Å²) in [6, 6.07) is 4.42. The second-order valence-electron chi connectivity index (χ2n) is 4.04. The second-order valence-corrected chi connectivity index (χ2v) is 4.45. The number of nitrogens with zero attached hydrogens (tertiary/aromatic N) is 1. The van der Waals surface area contributed by atoms with E-state index in [1.165, 1.54) is 17.0 Å². The van der Waals surface area contributed by atoms with Crippen LogP contribution in [-0.4, -0.2) is 23.5 Å². The maximum Gasteiger partial charge on any atom is 0.337 e. The largest absolute Gasteiger partial charge is 0.478 e. The lowest BCUT2D eigenvalue weighted by molar-refractivity contribution is -0.117. The molecule has 1 aliphatic rings. The Bertz CT molecular complexity index is 562. The zero-order chi connectivity index (χ0) is 13.3. The first-order chi connectivity index (χ1) is 8.52. The van der Waals surface area contributed by atoms with Gasteiger partial charge in [0.25, 0.3) is 0 Å². The van der Waals surface area contributed by atoms with Gasteiger partial charge in [-0.2, -0.15) is 0 Å². The molecule has 1 aliphatic heterocycles. The van der Waals surface area contributed by atoms with Crippen LogP contribution in [0.3, 0.4) is 0 Å². The fraction of sp³-hybridized carbons (Fsp3) is 0.231. The molecule has 1 aromatic rings. The number of anilines is 1. The lowest BCUT2D eigenvalue weighted by Crippen LogP contribution is -2.24. The average molecular weight is 264 g/mol. The molecule has 0 aliphatic carbocycles. The van der Waals surface area contributed by atoms with Crippen molar-refractivity contribution in [3.05, 3.63) is 28.8 Å². The summed E-state index contributed by atoms with van der Waals surface area (Å²) >= 11 is 5.86. The maximum atomic E-state index is 11.7. The Balaban J connectivity index is 2.31. The van der Waals surface area contributed by atoms with Gasteiger partial charge in [-0.15, -0.1) is 12.3 Å². The van der Waals surface area contributed by atoms with Crippen LogP contribution < -0.4 is 4.90 Å². The third-order valence-corrected chi connectivity index (χ3v) is 3.17. The molecule has 5 heteroatoms. The predicted molar refractivity (Wildman–Crippen MR) is 67.7 cm³/mol. The third kappa shape index (κ3) is 2.18. The normalized spacial score (nSPS) is 18.8. The van der Waals surface area contributed by atoms with Crippen molar-refractivity contribution in [1.29, 1.82) is 0 Å². The maximum absolute atomic E-state index is 11.7. The minimum Gasteiger partial charge on any atom is -0.478 e. The molecule has 0 bridgehead atoms. The van der Waals surface area contributed by atoms with Gasteiger partial charge in [-0.3, -0.25) is 4.79 Å². The van der Waals surface area contributed by atoms with Crippen LogP contribution in [0, 0.1) is 18.3 Å². The average Bonchev–Trinajstić information content (AvgIpc) is 2.70. The first-order valence-electron chi connectivity index (χ1n) is 5.32. The van der Waals surface area contributed by atoms with Gasteiger partial charge in [0.05, 0.1) is 10.6 Å². The highest BCUT2D eigenvalue weighted by atomic mass is 35.5. The molecule has 1 saturated heterocycles. The van der Waals surface area contributed by atoms with Crippen molar-refractivity contribution in [1.82, 2.24) is 0 Å². The number of carbonyl (C=O) groups excluding carboxylic acids is 1. The van der Waals surface area contributed by atoms with Crippen molar-refractivity contribution < 1.29 is 14.7 Å². The van der Waals surface area contributed by atoms with Crippen molar-refractivity contribution in [2.45, 2.75) is 6.42 Å². The van der Waals surface area contributed by atoms with E-state index >= 15 is 0 Å². The summed E-state index contributed by atoms with van der Waals surface area (Å²) in [6.45, 7) is 0.443. The lowest BCUT2D eigenvalue weighted by atomic mass is 10.1. The van der Waals surface area contributed by atoms with Crippen LogP contribution in [0.5, 0.6) is 0 Å². The van der Waals surface area contributed by atoms with Crippen LogP contribution in [0.4, 0.5) is 5.69 Å². The molecule has 1 N–H and O–H groups in total. The van der Waals surface area contributed by atoms with Gasteiger partial charge < -0.3 is 10.0 Å². The summed E-state index contributed by atoms with van der Waals surface area (Å²) in [5, 5.41) is 8.97. The third-order valence-electron chi connectivity index (χ3n) is 2.86. The SMILES string of the molecule is C#CC1CC(=O)N(c2ccc(C(=O)O)c(Cl)c2)C1. The highest BCUT2D eigenvalue weighted by molar-refractivity contribution is 6.33. The van der Waals surface area contributed by atoms with Crippen molar-refractivity contribution >= 4 is 29.2 Å². The fourth-order valence-corrected chi connectivity index (χ4v) is 2.17. The second kappa shape index (κ2) is 4.71. The molecule has 1 atom stereocenters. The zero-order valence-electron chi connectivity index (χ0n) is 9.39. The molecule has 1 fully saturated rings. The zero-order valence-corrected chi connectivity index (χ0v) is 10.1. The highest BCUT2D eigenvalue weighted by Crippen LogP contribution is 2.28. The minimum absolute atomic E-state index is 0.0144. The van der Waals surface area contributed by atoms with E-state index in [1.54, 1.807) is 6.07 Å². The molecular formula is C13H10ClNO3. The van der Waals surface area contributed by atoms with Crippen molar-refractivity contribution in [2.24, 2.45) is 5.92 Å². The smallest absolute Gasteiger partial charge is 0.337 e. The van der Waals surface area contributed by atoms with Gasteiger partial charge in [0.1, 0.15) is 0 Å². The summed E-state index contributed by atoms with van der Waals surface area (Å²) in [5.41, 5.74) is 0.591. The summed E-state index contributed by atoms with van der Waals surface area (Å²) in [7, 11) is 0. The number of carboxylic acid groups (broad SMARTS) is 1. The van der Waals surface area contributed by atoms with Gasteiger partial charge in [0.15, 0.2) is 0 Å². The standard InChI is InChI=1S/C13H10ClNO3/c1-2-8-5-12(16)15(7-8)9-3-4-10(13(17)18)11(14)6-9/h1,3-4,6,8H,5,7H2,(H,17,18). The summed E-state index contributed by atoms with van der Waals surface area (Å²) in [6.07, 6.45) is 5.61. The first kappa shape index (κ1) is 12.5. The molecule has 1 aromatic carbocycles. The summed E-state index contributed by atoms with van der Waals surface area (Å²) < 4.78 is 0. The van der Waals surface area contributed by atoms with E-state index in [9.17, 15) is 9.59 Å². The number of amides is 1. The van der Waals surface area contributed by atoms with Crippen LogP contribution in [-0.2, 0) is 4.79 Å². The van der Waals surface area contributed by atoms with Gasteiger partial charge >= 0.3 is 5.97 Å². The molecule has 0 spiro atoms. The molecule has 4 nitrogen and oxygen atoms in total. The Morgan fingerprint density at radius 3 is 2.78 bits per heavy atom. The number of halogens is 1. The number of carboxylic acids is 1. The Labute approximate surface area is 109 Å². The predicted octanol–water partition coefficient (Wildman–Crippen LogP) is 2.02. The van der Waals surface area contributed by atoms with Crippen LogP contribution >= 0.6 is 11.6 Å². The topological polar surface area (TPSA) is 57.6 Å². The number of terminal acetylenes is 1. The Kier molecular flexibility index (Phi) is 3.26. The van der Waals surface area contributed by atoms with E-state index in [0.717, 1.165) is 0 Å². The van der Waals surface area contributed by atoms with Gasteiger partial charge in [-0.25, -0.2) is 4.79 Å². The fourth-order valence-electron chi connectivity index (χ4n) is 1.91. The molecule has 0 saturated carbocycles. The molecule has 1 heterocycles. The quantitative estimate of drug-likeness (QED) is 0.831. The molecule has 92 valence electrons. The van der Waals surface area contributed by atoms with Crippen LogP contribution in [0.25, 0.3) is 0 Å². The number of benzene rings is 1. The number of rotatable bonds is 2. The molecule has 18 heavy (non-hydrogen) atoms. The van der Waals surface area contributed by atoms with Gasteiger partial charge in [-0.1, -0.05) is 11.6 Å². The number of aromatic carboxylic acids is 1. The number of hydrogen-bond acceptors (Lipinski definition) is 2. The Morgan fingerprint density at radius 1 is 1.56 bits per heavy atom. The van der Waals surface area contributed by atoms with Gasteiger partial charge in [0.2, 0.25) is 5.91 Å². The molecule has 0 aromatic heterocycles. The van der Waals surface area contributed by atoms with E-state index in [0.29, 0.717) is 18.7 Å². The van der Waals surface area contributed by atoms with E-state index in [-0.39, 0.29) is 22.4 Å². The van der Waals surface area contributed by atoms with E-state index in [2.05, 4.69) is 5.92 Å². The molecule has 2 rings (SSSR count). The van der Waals surface area contributed by atoms with E-state index < -0.39 is 5.97 Å². The minimum atomic E-state index is -1.10. The Hall–Kier alpha value is -1.99. The van der Waals surface area contributed by atoms with Gasteiger partial charge in [-0.05, 0) is 18.2 Å². The van der Waals surface area contributed by atoms with E-state index in [1.807, 2.05) is 0 Å². The first-order valence-corrected chi connectivity index (χ1v) is 5.70. The highest BCUT2D eigenvalue weighted by Gasteiger charge is 2.29. The van der Waals surface area contributed by atoms with Crippen molar-refractivity contribution in [2.75, 3.05) is 11.4 Å². The number of hydrogen-bond donors (Lipinski definition) is 1. The molecule has 1 unspecified atom stereocenters. The van der Waals surface area contributed by atoms with Crippen molar-refractivity contribution in [3.63, 3.8) is 0 Å². The molecular weight excluding hydrogens is 254 g/mol.